The first-order chi connectivity index (χ1) is 6.64. The maximum atomic E-state index is 2.64. The van der Waals surface area contributed by atoms with Gasteiger partial charge in [0.05, 0.1) is 0 Å². The minimum atomic E-state index is -1.16. The molecule has 0 radical (unpaired) electrons. The molecule has 0 fully saturated rings. The zero-order chi connectivity index (χ0) is 11.9. The van der Waals surface area contributed by atoms with Gasteiger partial charge < -0.3 is 0 Å². The average Bonchev–Trinajstić information content (AvgIpc) is 2.45. The summed E-state index contributed by atoms with van der Waals surface area (Å²) in [6.45, 7) is 15.2. The zero-order valence-electron chi connectivity index (χ0n) is 11.1. The molecule has 0 nitrogen and oxygen atoms in total. The predicted molar refractivity (Wildman–Crippen MR) is 78.2 cm³/mol. The summed E-state index contributed by atoms with van der Waals surface area (Å²) in [5.74, 6) is 2.33. The molecule has 0 aromatic heterocycles. The van der Waals surface area contributed by atoms with Crippen LogP contribution in [0.3, 0.4) is 0 Å². The third-order valence-corrected chi connectivity index (χ3v) is 15.2. The van der Waals surface area contributed by atoms with E-state index < -0.39 is 16.1 Å². The van der Waals surface area contributed by atoms with Gasteiger partial charge in [-0.3, -0.25) is 0 Å². The van der Waals surface area contributed by atoms with Crippen molar-refractivity contribution in [2.24, 2.45) is 0 Å². The SMILES string of the molecule is C[Se]C1=CC([Si](C)(C)C)([Si](C)(C)C)C=C1. The Kier molecular flexibility index (Phi) is 3.62. The van der Waals surface area contributed by atoms with Gasteiger partial charge in [0.1, 0.15) is 0 Å². The normalized spacial score (nSPS) is 20.6. The Hall–Kier alpha value is 0.433. The maximum absolute atomic E-state index is 2.64. The van der Waals surface area contributed by atoms with Gasteiger partial charge in [-0.25, -0.2) is 0 Å². The Bertz CT molecular complexity index is 289. The Balaban J connectivity index is 3.26. The van der Waals surface area contributed by atoms with Gasteiger partial charge in [0.25, 0.3) is 0 Å². The molecule has 1 rings (SSSR count). The van der Waals surface area contributed by atoms with Crippen LogP contribution in [0.4, 0.5) is 0 Å². The van der Waals surface area contributed by atoms with Gasteiger partial charge in [-0.1, -0.05) is 0 Å². The van der Waals surface area contributed by atoms with E-state index >= 15 is 0 Å². The zero-order valence-corrected chi connectivity index (χ0v) is 14.9. The van der Waals surface area contributed by atoms with Crippen molar-refractivity contribution in [2.45, 2.75) is 49.8 Å². The first kappa shape index (κ1) is 13.5. The summed E-state index contributed by atoms with van der Waals surface area (Å²) in [7, 11) is -2.32. The molecule has 3 heteroatoms. The van der Waals surface area contributed by atoms with Gasteiger partial charge in [0, 0.05) is 0 Å². The van der Waals surface area contributed by atoms with Crippen molar-refractivity contribution in [3.05, 3.63) is 22.7 Å². The van der Waals surface area contributed by atoms with Crippen molar-refractivity contribution >= 4 is 31.1 Å². The molecular weight excluding hydrogens is 279 g/mol. The van der Waals surface area contributed by atoms with Crippen LogP contribution in [0, 0.1) is 0 Å². The molecule has 0 saturated heterocycles. The average molecular weight is 303 g/mol. The van der Waals surface area contributed by atoms with Crippen LogP contribution in [0.25, 0.3) is 0 Å². The molecule has 0 aromatic rings. The second-order valence-electron chi connectivity index (χ2n) is 6.45. The molecule has 15 heavy (non-hydrogen) atoms. The molecule has 0 atom stereocenters. The van der Waals surface area contributed by atoms with Crippen LogP contribution in [0.1, 0.15) is 0 Å². The topological polar surface area (TPSA) is 0 Å². The molecule has 0 aliphatic heterocycles. The first-order valence-corrected chi connectivity index (χ1v) is 15.2. The fourth-order valence-corrected chi connectivity index (χ4v) is 15.6. The van der Waals surface area contributed by atoms with E-state index in [1.165, 1.54) is 0 Å². The van der Waals surface area contributed by atoms with E-state index in [-0.39, 0.29) is 0 Å². The first-order valence-electron chi connectivity index (χ1n) is 5.60. The second kappa shape index (κ2) is 4.03. The standard InChI is InChI=1S/C12H24SeSi2/c1-13-11-8-9-12(10-11,14(2,3)4)15(5,6)7/h8-10H,1-7H3. The van der Waals surface area contributed by atoms with Gasteiger partial charge >= 0.3 is 104 Å². The van der Waals surface area contributed by atoms with Crippen LogP contribution in [0.2, 0.25) is 49.8 Å². The van der Waals surface area contributed by atoms with Crippen LogP contribution in [0.5, 0.6) is 0 Å². The Morgan fingerprint density at radius 3 is 1.67 bits per heavy atom. The Labute approximate surface area is 103 Å². The third-order valence-electron chi connectivity index (χ3n) is 3.60. The molecule has 0 aromatic carbocycles. The van der Waals surface area contributed by atoms with Crippen molar-refractivity contribution in [2.75, 3.05) is 0 Å². The number of allylic oxidation sites excluding steroid dienone is 4. The quantitative estimate of drug-likeness (QED) is 0.687. The predicted octanol–water partition coefficient (Wildman–Crippen LogP) is 4.15. The van der Waals surface area contributed by atoms with E-state index in [1.807, 2.05) is 0 Å². The van der Waals surface area contributed by atoms with Crippen molar-refractivity contribution in [3.63, 3.8) is 0 Å². The molecule has 0 spiro atoms. The van der Waals surface area contributed by atoms with Crippen LogP contribution >= 0.6 is 0 Å². The van der Waals surface area contributed by atoms with E-state index in [1.54, 1.807) is 4.47 Å². The van der Waals surface area contributed by atoms with Crippen molar-refractivity contribution in [1.82, 2.24) is 0 Å². The Morgan fingerprint density at radius 2 is 1.47 bits per heavy atom. The van der Waals surface area contributed by atoms with Crippen LogP contribution in [0.15, 0.2) is 22.7 Å². The van der Waals surface area contributed by atoms with E-state index in [9.17, 15) is 0 Å². The van der Waals surface area contributed by atoms with Gasteiger partial charge in [-0.2, -0.15) is 0 Å². The summed E-state index contributed by atoms with van der Waals surface area (Å²) in [5, 5.41) is 0. The van der Waals surface area contributed by atoms with Gasteiger partial charge in [0.2, 0.25) is 0 Å². The summed E-state index contributed by atoms with van der Waals surface area (Å²) in [6.07, 6.45) is 7.62. The fourth-order valence-electron chi connectivity index (χ4n) is 2.72. The molecule has 0 N–H and O–H groups in total. The van der Waals surface area contributed by atoms with E-state index in [4.69, 9.17) is 0 Å². The summed E-state index contributed by atoms with van der Waals surface area (Å²) in [6, 6.07) is 0. The van der Waals surface area contributed by atoms with E-state index in [2.05, 4.69) is 63.3 Å². The molecule has 0 amide bonds. The van der Waals surface area contributed by atoms with E-state index in [0.717, 1.165) is 0 Å². The van der Waals surface area contributed by atoms with Crippen molar-refractivity contribution in [3.8, 4) is 0 Å². The number of hydrogen-bond donors (Lipinski definition) is 0. The fraction of sp³-hybridized carbons (Fsp3) is 0.667. The van der Waals surface area contributed by atoms with Crippen LogP contribution in [-0.4, -0.2) is 31.1 Å². The third kappa shape index (κ3) is 2.26. The Morgan fingerprint density at radius 1 is 1.00 bits per heavy atom. The van der Waals surface area contributed by atoms with Crippen molar-refractivity contribution < 1.29 is 0 Å². The van der Waals surface area contributed by atoms with E-state index in [0.29, 0.717) is 19.6 Å². The molecule has 0 bridgehead atoms. The second-order valence-corrected chi connectivity index (χ2v) is 19.5. The molecular formula is C12H24SeSi2. The monoisotopic (exact) mass is 304 g/mol. The van der Waals surface area contributed by atoms with Crippen LogP contribution in [-0.2, 0) is 0 Å². The minimum absolute atomic E-state index is 0.493. The number of hydrogen-bond acceptors (Lipinski definition) is 0. The summed E-state index contributed by atoms with van der Waals surface area (Å²) < 4.78 is 2.11. The summed E-state index contributed by atoms with van der Waals surface area (Å²) >= 11 is 0.664. The van der Waals surface area contributed by atoms with Gasteiger partial charge in [0.15, 0.2) is 0 Å². The van der Waals surface area contributed by atoms with Gasteiger partial charge in [-0.15, -0.1) is 0 Å². The number of rotatable bonds is 3. The van der Waals surface area contributed by atoms with Gasteiger partial charge in [-0.05, 0) is 0 Å². The van der Waals surface area contributed by atoms with Crippen molar-refractivity contribution in [1.29, 1.82) is 0 Å². The molecule has 86 valence electrons. The molecule has 0 heterocycles. The molecule has 0 unspecified atom stereocenters. The van der Waals surface area contributed by atoms with Crippen LogP contribution < -0.4 is 0 Å². The molecule has 1 aliphatic rings. The summed E-state index contributed by atoms with van der Waals surface area (Å²) in [4.78, 5) is 0. The summed E-state index contributed by atoms with van der Waals surface area (Å²) in [5.41, 5.74) is 0. The molecule has 0 saturated carbocycles. The molecule has 1 aliphatic carbocycles.